The van der Waals surface area contributed by atoms with Gasteiger partial charge in [-0.2, -0.15) is 0 Å². The van der Waals surface area contributed by atoms with Gasteiger partial charge in [0.05, 0.1) is 0 Å². The van der Waals surface area contributed by atoms with E-state index in [1.165, 1.54) is 50.7 Å². The van der Waals surface area contributed by atoms with Crippen molar-refractivity contribution in [2.24, 2.45) is 23.2 Å². The molecule has 4 fully saturated rings. The van der Waals surface area contributed by atoms with E-state index in [1.807, 2.05) is 6.07 Å². The lowest BCUT2D eigenvalue weighted by Gasteiger charge is -2.59. The highest BCUT2D eigenvalue weighted by Gasteiger charge is 2.53. The van der Waals surface area contributed by atoms with Crippen molar-refractivity contribution < 1.29 is 9.18 Å². The lowest BCUT2D eigenvalue weighted by atomic mass is 9.48. The number of rotatable bonds is 5. The largest absolute Gasteiger partial charge is 0.338 e. The molecule has 4 saturated carbocycles. The first kappa shape index (κ1) is 16.9. The zero-order chi connectivity index (χ0) is 17.4. The van der Waals surface area contributed by atoms with E-state index in [0.717, 1.165) is 23.3 Å². The number of hydrogen-bond acceptors (Lipinski definition) is 1. The van der Waals surface area contributed by atoms with Crippen LogP contribution in [0.4, 0.5) is 9.18 Å². The van der Waals surface area contributed by atoms with Crippen molar-refractivity contribution in [2.75, 3.05) is 6.54 Å². The van der Waals surface area contributed by atoms with Crippen molar-refractivity contribution in [2.45, 2.75) is 57.9 Å². The fraction of sp³-hybridized carbons (Fsp3) is 0.667. The van der Waals surface area contributed by atoms with Crippen LogP contribution < -0.4 is 10.6 Å². The molecule has 3 nitrogen and oxygen atoms in total. The van der Waals surface area contributed by atoms with E-state index in [9.17, 15) is 9.18 Å². The topological polar surface area (TPSA) is 41.1 Å². The first-order valence-electron chi connectivity index (χ1n) is 9.81. The molecule has 25 heavy (non-hydrogen) atoms. The molecule has 1 aromatic carbocycles. The van der Waals surface area contributed by atoms with Gasteiger partial charge < -0.3 is 10.6 Å². The third kappa shape index (κ3) is 3.54. The van der Waals surface area contributed by atoms with Gasteiger partial charge in [0, 0.05) is 12.6 Å². The maximum atomic E-state index is 13.2. The molecule has 5 rings (SSSR count). The van der Waals surface area contributed by atoms with E-state index in [4.69, 9.17) is 0 Å². The molecule has 0 aromatic heterocycles. The Morgan fingerprint density at radius 1 is 1.20 bits per heavy atom. The van der Waals surface area contributed by atoms with Gasteiger partial charge in [-0.05, 0) is 92.7 Å². The first-order valence-corrected chi connectivity index (χ1v) is 9.81. The minimum absolute atomic E-state index is 0.0837. The van der Waals surface area contributed by atoms with E-state index < -0.39 is 0 Å². The zero-order valence-corrected chi connectivity index (χ0v) is 15.1. The molecule has 0 aliphatic heterocycles. The second-order valence-electron chi connectivity index (χ2n) is 8.78. The molecule has 0 saturated heterocycles. The lowest BCUT2D eigenvalue weighted by Crippen LogP contribution is -2.57. The Morgan fingerprint density at radius 3 is 2.44 bits per heavy atom. The monoisotopic (exact) mass is 344 g/mol. The first-order chi connectivity index (χ1) is 12.0. The molecule has 0 spiro atoms. The minimum atomic E-state index is -0.225. The van der Waals surface area contributed by atoms with Crippen LogP contribution in [-0.2, 0) is 6.42 Å². The molecule has 4 aliphatic rings. The van der Waals surface area contributed by atoms with Crippen molar-refractivity contribution in [3.63, 3.8) is 0 Å². The Bertz CT molecular complexity index is 609. The summed E-state index contributed by atoms with van der Waals surface area (Å²) in [5.41, 5.74) is 1.24. The van der Waals surface area contributed by atoms with E-state index in [2.05, 4.69) is 17.6 Å². The van der Waals surface area contributed by atoms with Gasteiger partial charge in [-0.3, -0.25) is 0 Å². The van der Waals surface area contributed by atoms with Crippen LogP contribution >= 0.6 is 0 Å². The maximum Gasteiger partial charge on any atom is 0.315 e. The SMILES string of the molecule is CC(NC(=O)NCCc1cccc(F)c1)C12CC3CC(CC(C3)C1)C2. The van der Waals surface area contributed by atoms with Crippen LogP contribution in [0.2, 0.25) is 0 Å². The van der Waals surface area contributed by atoms with Crippen LogP contribution in [0.25, 0.3) is 0 Å². The second kappa shape index (κ2) is 6.62. The van der Waals surface area contributed by atoms with E-state index in [0.29, 0.717) is 18.4 Å². The number of benzene rings is 1. The van der Waals surface area contributed by atoms with Crippen molar-refractivity contribution in [1.82, 2.24) is 10.6 Å². The highest BCUT2D eigenvalue weighted by atomic mass is 19.1. The summed E-state index contributed by atoms with van der Waals surface area (Å²) in [5, 5.41) is 6.15. The average Bonchev–Trinajstić information content (AvgIpc) is 2.53. The third-order valence-corrected chi connectivity index (χ3v) is 6.94. The van der Waals surface area contributed by atoms with E-state index in [1.54, 1.807) is 6.07 Å². The van der Waals surface area contributed by atoms with E-state index in [-0.39, 0.29) is 17.9 Å². The summed E-state index contributed by atoms with van der Waals surface area (Å²) in [4.78, 5) is 12.3. The van der Waals surface area contributed by atoms with E-state index >= 15 is 0 Å². The third-order valence-electron chi connectivity index (χ3n) is 6.94. The quantitative estimate of drug-likeness (QED) is 0.823. The Morgan fingerprint density at radius 2 is 1.84 bits per heavy atom. The lowest BCUT2D eigenvalue weighted by molar-refractivity contribution is -0.0682. The van der Waals surface area contributed by atoms with Crippen molar-refractivity contribution in [3.05, 3.63) is 35.6 Å². The summed E-state index contributed by atoms with van der Waals surface area (Å²) < 4.78 is 13.2. The molecule has 1 aromatic rings. The Balaban J connectivity index is 1.28. The number of amides is 2. The Hall–Kier alpha value is -1.58. The summed E-state index contributed by atoms with van der Waals surface area (Å²) in [5.74, 6) is 2.46. The normalized spacial score (nSPS) is 33.9. The van der Waals surface area contributed by atoms with Crippen LogP contribution in [0.3, 0.4) is 0 Å². The predicted molar refractivity (Wildman–Crippen MR) is 96.7 cm³/mol. The molecular weight excluding hydrogens is 315 g/mol. The number of nitrogens with one attached hydrogen (secondary N) is 2. The molecule has 0 heterocycles. The van der Waals surface area contributed by atoms with Crippen molar-refractivity contribution in [3.8, 4) is 0 Å². The molecule has 136 valence electrons. The predicted octanol–water partition coefficient (Wildman–Crippen LogP) is 4.27. The van der Waals surface area contributed by atoms with Gasteiger partial charge in [-0.25, -0.2) is 9.18 Å². The zero-order valence-electron chi connectivity index (χ0n) is 15.1. The van der Waals surface area contributed by atoms with Gasteiger partial charge in [-0.1, -0.05) is 12.1 Å². The number of carbonyl (C=O) groups excluding carboxylic acids is 1. The van der Waals surface area contributed by atoms with Crippen LogP contribution in [0.15, 0.2) is 24.3 Å². The molecule has 0 radical (unpaired) electrons. The molecule has 1 atom stereocenters. The molecule has 2 amide bonds. The highest BCUT2D eigenvalue weighted by molar-refractivity contribution is 5.74. The Labute approximate surface area is 149 Å². The molecule has 2 N–H and O–H groups in total. The maximum absolute atomic E-state index is 13.2. The number of carbonyl (C=O) groups is 1. The second-order valence-corrected chi connectivity index (χ2v) is 8.78. The highest BCUT2D eigenvalue weighted by Crippen LogP contribution is 2.61. The summed E-state index contributed by atoms with van der Waals surface area (Å²) in [6.45, 7) is 2.72. The molecular formula is C21H29FN2O. The Kier molecular flexibility index (Phi) is 4.47. The van der Waals surface area contributed by atoms with Crippen LogP contribution in [0.5, 0.6) is 0 Å². The molecule has 4 heteroatoms. The van der Waals surface area contributed by atoms with Gasteiger partial charge >= 0.3 is 6.03 Å². The molecule has 4 bridgehead atoms. The van der Waals surface area contributed by atoms with Crippen LogP contribution in [-0.4, -0.2) is 18.6 Å². The fourth-order valence-corrected chi connectivity index (χ4v) is 6.12. The average molecular weight is 344 g/mol. The van der Waals surface area contributed by atoms with Gasteiger partial charge in [0.15, 0.2) is 0 Å². The van der Waals surface area contributed by atoms with Crippen LogP contribution in [0.1, 0.15) is 51.0 Å². The summed E-state index contributed by atoms with van der Waals surface area (Å²) in [7, 11) is 0. The van der Waals surface area contributed by atoms with Crippen molar-refractivity contribution in [1.29, 1.82) is 0 Å². The van der Waals surface area contributed by atoms with Gasteiger partial charge in [0.1, 0.15) is 5.82 Å². The standard InChI is InChI=1S/C21H29FN2O/c1-14(21-11-16-7-17(12-21)9-18(8-16)13-21)24-20(25)23-6-5-15-3-2-4-19(22)10-15/h2-4,10,14,16-18H,5-9,11-13H2,1H3,(H2,23,24,25). The summed E-state index contributed by atoms with van der Waals surface area (Å²) in [6, 6.07) is 6.71. The smallest absolute Gasteiger partial charge is 0.315 e. The molecule has 1 unspecified atom stereocenters. The molecule has 4 aliphatic carbocycles. The summed E-state index contributed by atoms with van der Waals surface area (Å²) >= 11 is 0. The number of halogens is 1. The number of urea groups is 1. The minimum Gasteiger partial charge on any atom is -0.338 e. The van der Waals surface area contributed by atoms with Gasteiger partial charge in [-0.15, -0.1) is 0 Å². The number of hydrogen-bond donors (Lipinski definition) is 2. The van der Waals surface area contributed by atoms with Crippen LogP contribution in [0, 0.1) is 29.0 Å². The van der Waals surface area contributed by atoms with Crippen molar-refractivity contribution >= 4 is 6.03 Å². The van der Waals surface area contributed by atoms with Gasteiger partial charge in [0.25, 0.3) is 0 Å². The fourth-order valence-electron chi connectivity index (χ4n) is 6.12. The van der Waals surface area contributed by atoms with Gasteiger partial charge in [0.2, 0.25) is 0 Å². The summed E-state index contributed by atoms with van der Waals surface area (Å²) in [6.07, 6.45) is 8.80.